The third-order valence-electron chi connectivity index (χ3n) is 4.51. The summed E-state index contributed by atoms with van der Waals surface area (Å²) in [4.78, 5) is 21.7. The van der Waals surface area contributed by atoms with Crippen LogP contribution in [-0.4, -0.2) is 17.5 Å². The van der Waals surface area contributed by atoms with Crippen LogP contribution in [0.4, 0.5) is 15.8 Å². The fraction of sp³-hybridized carbons (Fsp3) is 0.250. The molecule has 25 heavy (non-hydrogen) atoms. The lowest BCUT2D eigenvalue weighted by molar-refractivity contribution is -0.120. The predicted molar refractivity (Wildman–Crippen MR) is 96.3 cm³/mol. The van der Waals surface area contributed by atoms with E-state index in [0.717, 1.165) is 35.5 Å². The molecule has 1 N–H and O–H groups in total. The summed E-state index contributed by atoms with van der Waals surface area (Å²) < 4.78 is 13.3. The SMILES string of the molecule is CC1=Nc2ccccc2N=C(NC(=O)C2CC2)C1c1ccc(F)cc1. The van der Waals surface area contributed by atoms with Crippen LogP contribution < -0.4 is 5.32 Å². The summed E-state index contributed by atoms with van der Waals surface area (Å²) in [6.07, 6.45) is 1.84. The molecular formula is C20H18FN3O. The number of nitrogens with zero attached hydrogens (tertiary/aromatic N) is 2. The summed E-state index contributed by atoms with van der Waals surface area (Å²) in [5.74, 6) is 0.0199. The van der Waals surface area contributed by atoms with E-state index in [2.05, 4.69) is 5.32 Å². The predicted octanol–water partition coefficient (Wildman–Crippen LogP) is 4.27. The van der Waals surface area contributed by atoms with Crippen molar-refractivity contribution in [2.75, 3.05) is 0 Å². The van der Waals surface area contributed by atoms with Crippen LogP contribution >= 0.6 is 0 Å². The fourth-order valence-corrected chi connectivity index (χ4v) is 3.03. The molecule has 5 heteroatoms. The van der Waals surface area contributed by atoms with Crippen molar-refractivity contribution < 1.29 is 9.18 Å². The molecule has 1 fully saturated rings. The monoisotopic (exact) mass is 335 g/mol. The van der Waals surface area contributed by atoms with E-state index < -0.39 is 0 Å². The van der Waals surface area contributed by atoms with Crippen LogP contribution in [0.2, 0.25) is 0 Å². The number of nitrogens with one attached hydrogen (secondary N) is 1. The average Bonchev–Trinajstić information content (AvgIpc) is 3.43. The summed E-state index contributed by atoms with van der Waals surface area (Å²) in [5, 5.41) is 2.99. The lowest BCUT2D eigenvalue weighted by Crippen LogP contribution is -2.37. The quantitative estimate of drug-likeness (QED) is 0.875. The Morgan fingerprint density at radius 2 is 1.68 bits per heavy atom. The summed E-state index contributed by atoms with van der Waals surface area (Å²) in [5.41, 5.74) is 3.15. The molecule has 4 nitrogen and oxygen atoms in total. The van der Waals surface area contributed by atoms with Crippen molar-refractivity contribution in [3.63, 3.8) is 0 Å². The zero-order valence-electron chi connectivity index (χ0n) is 13.9. The summed E-state index contributed by atoms with van der Waals surface area (Å²) in [6.45, 7) is 1.91. The molecule has 1 amide bonds. The van der Waals surface area contributed by atoms with Crippen LogP contribution in [0.5, 0.6) is 0 Å². The van der Waals surface area contributed by atoms with Crippen molar-refractivity contribution >= 4 is 28.8 Å². The van der Waals surface area contributed by atoms with Crippen LogP contribution in [0.1, 0.15) is 31.2 Å². The number of para-hydroxylation sites is 2. The van der Waals surface area contributed by atoms with Crippen LogP contribution in [0, 0.1) is 11.7 Å². The van der Waals surface area contributed by atoms with Gasteiger partial charge in [0.2, 0.25) is 5.91 Å². The number of amides is 1. The molecule has 0 bridgehead atoms. The number of carbonyl (C=O) groups is 1. The van der Waals surface area contributed by atoms with Crippen molar-refractivity contribution in [3.8, 4) is 0 Å². The minimum Gasteiger partial charge on any atom is -0.313 e. The van der Waals surface area contributed by atoms with Gasteiger partial charge in [0.1, 0.15) is 11.7 Å². The van der Waals surface area contributed by atoms with Crippen LogP contribution in [-0.2, 0) is 4.79 Å². The van der Waals surface area contributed by atoms with Gasteiger partial charge < -0.3 is 5.32 Å². The topological polar surface area (TPSA) is 53.8 Å². The highest BCUT2D eigenvalue weighted by molar-refractivity contribution is 6.17. The van der Waals surface area contributed by atoms with Crippen molar-refractivity contribution in [3.05, 3.63) is 59.9 Å². The Hall–Kier alpha value is -2.82. The molecule has 1 saturated carbocycles. The molecule has 1 heterocycles. The first-order valence-corrected chi connectivity index (χ1v) is 8.41. The van der Waals surface area contributed by atoms with Gasteiger partial charge in [0.25, 0.3) is 0 Å². The molecule has 0 spiro atoms. The number of halogens is 1. The Morgan fingerprint density at radius 3 is 2.32 bits per heavy atom. The first-order valence-electron chi connectivity index (χ1n) is 8.41. The molecule has 126 valence electrons. The molecule has 0 saturated heterocycles. The van der Waals surface area contributed by atoms with E-state index in [9.17, 15) is 9.18 Å². The Kier molecular flexibility index (Phi) is 3.92. The Balaban J connectivity index is 1.80. The lowest BCUT2D eigenvalue weighted by atomic mass is 9.93. The van der Waals surface area contributed by atoms with Crippen LogP contribution in [0.3, 0.4) is 0 Å². The second-order valence-electron chi connectivity index (χ2n) is 6.49. The normalized spacial score (nSPS) is 19.4. The molecule has 0 aromatic heterocycles. The lowest BCUT2D eigenvalue weighted by Gasteiger charge is -2.19. The van der Waals surface area contributed by atoms with Gasteiger partial charge in [-0.05, 0) is 49.6 Å². The standard InChI is InChI=1S/C20H18FN3O/c1-12-18(13-8-10-15(21)11-9-13)19(24-20(25)14-6-7-14)23-17-5-3-2-4-16(17)22-12/h2-5,8-11,14,18H,6-7H2,1H3,(H,23,24,25). The molecule has 1 aliphatic carbocycles. The van der Waals surface area contributed by atoms with Gasteiger partial charge in [0.15, 0.2) is 0 Å². The molecule has 4 rings (SSSR count). The van der Waals surface area contributed by atoms with Gasteiger partial charge in [-0.1, -0.05) is 24.3 Å². The number of rotatable bonds is 2. The minimum absolute atomic E-state index is 0.00181. The second-order valence-corrected chi connectivity index (χ2v) is 6.49. The maximum Gasteiger partial charge on any atom is 0.228 e. The summed E-state index contributed by atoms with van der Waals surface area (Å²) >= 11 is 0. The number of aliphatic imine (C=N–C) groups is 2. The number of hydrogen-bond donors (Lipinski definition) is 1. The third-order valence-corrected chi connectivity index (χ3v) is 4.51. The van der Waals surface area contributed by atoms with Crippen LogP contribution in [0.25, 0.3) is 0 Å². The first kappa shape index (κ1) is 15.7. The van der Waals surface area contributed by atoms with Gasteiger partial charge in [-0.2, -0.15) is 0 Å². The molecule has 0 radical (unpaired) electrons. The van der Waals surface area contributed by atoms with E-state index in [4.69, 9.17) is 9.98 Å². The molecule has 2 aromatic rings. The van der Waals surface area contributed by atoms with Gasteiger partial charge in [0.05, 0.1) is 17.3 Å². The number of amidine groups is 1. The molecule has 2 aliphatic rings. The average molecular weight is 335 g/mol. The fourth-order valence-electron chi connectivity index (χ4n) is 3.03. The highest BCUT2D eigenvalue weighted by Crippen LogP contribution is 2.35. The number of hydrogen-bond acceptors (Lipinski definition) is 3. The summed E-state index contributed by atoms with van der Waals surface area (Å²) in [7, 11) is 0. The maximum atomic E-state index is 13.3. The van der Waals surface area contributed by atoms with Crippen molar-refractivity contribution in [2.24, 2.45) is 15.9 Å². The van der Waals surface area contributed by atoms with E-state index in [-0.39, 0.29) is 23.6 Å². The molecule has 1 atom stereocenters. The largest absolute Gasteiger partial charge is 0.313 e. The molecule has 1 aliphatic heterocycles. The second kappa shape index (κ2) is 6.24. The van der Waals surface area contributed by atoms with Gasteiger partial charge in [-0.25, -0.2) is 9.38 Å². The minimum atomic E-state index is -0.310. The molecule has 2 aromatic carbocycles. The Morgan fingerprint density at radius 1 is 1.04 bits per heavy atom. The summed E-state index contributed by atoms with van der Waals surface area (Å²) in [6, 6.07) is 13.8. The number of carbonyl (C=O) groups excluding carboxylic acids is 1. The highest BCUT2D eigenvalue weighted by Gasteiger charge is 2.33. The van der Waals surface area contributed by atoms with Crippen molar-refractivity contribution in [1.29, 1.82) is 0 Å². The smallest absolute Gasteiger partial charge is 0.228 e. The van der Waals surface area contributed by atoms with Crippen LogP contribution in [0.15, 0.2) is 58.5 Å². The van der Waals surface area contributed by atoms with E-state index in [0.29, 0.717) is 5.84 Å². The first-order chi connectivity index (χ1) is 12.1. The van der Waals surface area contributed by atoms with E-state index in [1.165, 1.54) is 12.1 Å². The van der Waals surface area contributed by atoms with Crippen molar-refractivity contribution in [1.82, 2.24) is 5.32 Å². The Bertz CT molecular complexity index is 882. The maximum absolute atomic E-state index is 13.3. The van der Waals surface area contributed by atoms with Gasteiger partial charge in [0, 0.05) is 11.6 Å². The number of fused-ring (bicyclic) bond motifs is 1. The van der Waals surface area contributed by atoms with E-state index in [1.807, 2.05) is 31.2 Å². The Labute approximate surface area is 145 Å². The third kappa shape index (κ3) is 3.22. The zero-order valence-corrected chi connectivity index (χ0v) is 13.9. The molecule has 1 unspecified atom stereocenters. The van der Waals surface area contributed by atoms with Gasteiger partial charge >= 0.3 is 0 Å². The van der Waals surface area contributed by atoms with Gasteiger partial charge in [-0.15, -0.1) is 0 Å². The zero-order chi connectivity index (χ0) is 17.4. The highest BCUT2D eigenvalue weighted by atomic mass is 19.1. The van der Waals surface area contributed by atoms with Crippen molar-refractivity contribution in [2.45, 2.75) is 25.7 Å². The van der Waals surface area contributed by atoms with E-state index in [1.54, 1.807) is 12.1 Å². The number of benzene rings is 2. The molecular weight excluding hydrogens is 317 g/mol. The van der Waals surface area contributed by atoms with Gasteiger partial charge in [-0.3, -0.25) is 9.79 Å². The van der Waals surface area contributed by atoms with E-state index >= 15 is 0 Å².